The van der Waals surface area contributed by atoms with Crippen molar-refractivity contribution < 1.29 is 106 Å². The number of ketones is 5. The van der Waals surface area contributed by atoms with Crippen LogP contribution in [0.15, 0.2) is 0 Å². The number of sulfonamides is 1. The molecule has 30 heteroatoms. The molecule has 0 saturated carbocycles. The fourth-order valence-electron chi connectivity index (χ4n) is 9.37. The molecule has 1 aromatic rings. The van der Waals surface area contributed by atoms with Crippen LogP contribution in [0.1, 0.15) is 314 Å². The Morgan fingerprint density at radius 1 is 0.461 bits per heavy atom. The summed E-state index contributed by atoms with van der Waals surface area (Å²) in [5.74, 6) is -8.71. The third-order valence-corrected chi connectivity index (χ3v) is 16.8. The molecule has 0 aliphatic carbocycles. The van der Waals surface area contributed by atoms with Gasteiger partial charge in [-0.2, -0.15) is 5.21 Å². The molecule has 1 aromatic heterocycles. The topological polar surface area (TPSA) is 466 Å². The number of H-pyrrole nitrogens is 1. The normalized spacial score (nSPS) is 11.6. The van der Waals surface area contributed by atoms with Crippen molar-refractivity contribution in [2.24, 2.45) is 17.8 Å². The van der Waals surface area contributed by atoms with E-state index in [0.717, 1.165) is 57.8 Å². The van der Waals surface area contributed by atoms with Crippen LogP contribution in [0.4, 0.5) is 0 Å². The summed E-state index contributed by atoms with van der Waals surface area (Å²) in [7, 11) is -3.99. The third-order valence-electron chi connectivity index (χ3n) is 15.4. The first kappa shape index (κ1) is 106. The van der Waals surface area contributed by atoms with E-state index in [1.807, 2.05) is 32.4 Å². The predicted molar refractivity (Wildman–Crippen MR) is 390 cm³/mol. The number of carbonyl (C=O) groups excluding carboxylic acids is 8. The molecule has 102 heavy (non-hydrogen) atoms. The van der Waals surface area contributed by atoms with Gasteiger partial charge >= 0.3 is 29.8 Å². The molecule has 0 spiro atoms. The van der Waals surface area contributed by atoms with Crippen molar-refractivity contribution in [3.63, 3.8) is 0 Å². The average Bonchev–Trinajstić information content (AvgIpc) is 0.955. The Bertz CT molecular complexity index is 2540. The summed E-state index contributed by atoms with van der Waals surface area (Å²) in [6, 6.07) is -1.38. The standard InChI is InChI=1S/C19H30N6O9S.C16H29NO6.C16H32O2.C13H22O4.C6H12O.2CH4/c1-2-12(18(29)30)11-13(26)8-9-14(19(31)32)20-16(27)7-4-10-35(33,34)23-17(28)6-3-5-15-21-24-25-22-15;1-3-5-6-13(16(20)21)11-14(18)12-23-10-9-22-8-7-17-15(19)4-2;1-2-3-4-5-6-7-8-9-10-11-12-13-14-15-16(17)18;1-3-12(15)8-6-4-5-7-11(13(16)17)9-10(2)14;1-3-5-6(7)4-2;;/h12,14H,2-11H2,1H3,(H,20,27)(H,23,28)(H,29,30)(H,31,32)(H,21,22,24,25);13H,3-12H2,1-2H3,(H,17,19)(H,20,21);2-15H2,1H3,(H,17,18);11H,3-9H2,1-2H3,(H,16,17);3-5H2,1-2H3;2*1H4. The van der Waals surface area contributed by atoms with Gasteiger partial charge in [-0.25, -0.2) is 13.2 Å². The molecular weight excluding hydrogens is 1350 g/mol. The highest BCUT2D eigenvalue weighted by atomic mass is 32.2. The second-order valence-electron chi connectivity index (χ2n) is 24.6. The number of aliphatic carboxylic acids is 5. The molecule has 0 aromatic carbocycles. The minimum atomic E-state index is -3.99. The number of ether oxygens (including phenoxy) is 2. The van der Waals surface area contributed by atoms with E-state index >= 15 is 0 Å². The first-order chi connectivity index (χ1) is 47.5. The molecule has 0 aliphatic heterocycles. The number of carboxylic acids is 5. The van der Waals surface area contributed by atoms with Crippen LogP contribution in [-0.2, 0) is 88.2 Å². The van der Waals surface area contributed by atoms with Gasteiger partial charge in [0.25, 0.3) is 0 Å². The number of aromatic nitrogens is 4. The fraction of sp³-hybridized carbons (Fsp3) is 0.806. The lowest BCUT2D eigenvalue weighted by Crippen LogP contribution is -2.41. The molecule has 0 aliphatic rings. The minimum absolute atomic E-state index is 0. The number of nitrogens with zero attached hydrogens (tertiary/aromatic N) is 3. The van der Waals surface area contributed by atoms with Gasteiger partial charge in [0.2, 0.25) is 27.7 Å². The van der Waals surface area contributed by atoms with Crippen molar-refractivity contribution in [3.05, 3.63) is 5.82 Å². The Morgan fingerprint density at radius 2 is 0.961 bits per heavy atom. The number of carbonyl (C=O) groups is 13. The number of aromatic amines is 1. The Balaban J connectivity index is -0.000000301. The van der Waals surface area contributed by atoms with Crippen LogP contribution in [0.2, 0.25) is 0 Å². The van der Waals surface area contributed by atoms with E-state index in [1.165, 1.54) is 77.6 Å². The van der Waals surface area contributed by atoms with E-state index in [9.17, 15) is 75.9 Å². The molecule has 0 fully saturated rings. The molecule has 3 amide bonds. The highest BCUT2D eigenvalue weighted by molar-refractivity contribution is 7.90. The quantitative estimate of drug-likeness (QED) is 0.0274. The highest BCUT2D eigenvalue weighted by Gasteiger charge is 2.25. The summed E-state index contributed by atoms with van der Waals surface area (Å²) in [5, 5.41) is 62.6. The van der Waals surface area contributed by atoms with Crippen molar-refractivity contribution in [3.8, 4) is 0 Å². The molecule has 0 bridgehead atoms. The van der Waals surface area contributed by atoms with E-state index in [2.05, 4.69) is 38.2 Å². The smallest absolute Gasteiger partial charge is 0.326 e. The first-order valence-corrected chi connectivity index (χ1v) is 37.8. The van der Waals surface area contributed by atoms with Crippen LogP contribution in [-0.4, -0.2) is 176 Å². The fourth-order valence-corrected chi connectivity index (χ4v) is 10.4. The van der Waals surface area contributed by atoms with Crippen molar-refractivity contribution >= 4 is 86.5 Å². The summed E-state index contributed by atoms with van der Waals surface area (Å²) in [5.41, 5.74) is 0. The van der Waals surface area contributed by atoms with Gasteiger partial charge in [0.05, 0.1) is 43.3 Å². The van der Waals surface area contributed by atoms with Gasteiger partial charge in [-0.05, 0) is 64.7 Å². The number of hydrogen-bond acceptors (Lipinski definition) is 20. The minimum Gasteiger partial charge on any atom is -0.481 e. The van der Waals surface area contributed by atoms with Gasteiger partial charge in [-0.3, -0.25) is 57.5 Å². The number of amides is 3. The zero-order valence-corrected chi connectivity index (χ0v) is 62.2. The van der Waals surface area contributed by atoms with Gasteiger partial charge < -0.3 is 50.4 Å². The number of hydrogen-bond donors (Lipinski definition) is 9. The molecule has 0 radical (unpaired) electrons. The van der Waals surface area contributed by atoms with Crippen LogP contribution in [0, 0.1) is 17.8 Å². The molecule has 1 heterocycles. The number of aryl methyl sites for hydroxylation is 1. The summed E-state index contributed by atoms with van der Waals surface area (Å²) >= 11 is 0. The van der Waals surface area contributed by atoms with E-state index in [1.54, 1.807) is 13.8 Å². The SMILES string of the molecule is C.C.CCC(=O)CCCCCC(CC(C)=O)C(=O)O.CCC(CC(=O)CCC(NC(=O)CCCS(=O)(=O)NC(=O)CCCc1nn[nH]n1)C(=O)O)C(=O)O.CCCC(=O)CC.CCCCC(CC(=O)COCCOCCNC(=O)CC)C(=O)O.CCCCCCCCCCCCCCCC(=O)O. The number of Topliss-reactive ketones (excluding diaryl/α,β-unsaturated/α-hetero) is 5. The number of tetrazole rings is 1. The summed E-state index contributed by atoms with van der Waals surface area (Å²) < 4.78 is 36.3. The van der Waals surface area contributed by atoms with E-state index in [4.69, 9.17) is 29.9 Å². The molecule has 0 saturated heterocycles. The largest absolute Gasteiger partial charge is 0.481 e. The zero-order chi connectivity index (χ0) is 76.4. The highest BCUT2D eigenvalue weighted by Crippen LogP contribution is 2.18. The maximum atomic E-state index is 12.0. The molecule has 29 nitrogen and oxygen atoms in total. The number of nitrogens with one attached hydrogen (secondary N) is 4. The summed E-state index contributed by atoms with van der Waals surface area (Å²) in [6.45, 7) is 16.2. The van der Waals surface area contributed by atoms with Crippen LogP contribution >= 0.6 is 0 Å². The second-order valence-corrected chi connectivity index (χ2v) is 26.4. The van der Waals surface area contributed by atoms with Crippen LogP contribution in [0.5, 0.6) is 0 Å². The van der Waals surface area contributed by atoms with Crippen molar-refractivity contribution in [2.75, 3.05) is 38.7 Å². The van der Waals surface area contributed by atoms with Gasteiger partial charge in [0.15, 0.2) is 11.6 Å². The van der Waals surface area contributed by atoms with Crippen LogP contribution in [0.3, 0.4) is 0 Å². The molecule has 1 rings (SSSR count). The molecule has 4 unspecified atom stereocenters. The van der Waals surface area contributed by atoms with Crippen molar-refractivity contribution in [1.29, 1.82) is 0 Å². The summed E-state index contributed by atoms with van der Waals surface area (Å²) in [6.07, 6.45) is 26.3. The molecule has 4 atom stereocenters. The van der Waals surface area contributed by atoms with E-state index < -0.39 is 87.0 Å². The molecular formula is C72H133N7O22S. The Hall–Kier alpha value is -6.95. The Morgan fingerprint density at radius 3 is 1.44 bits per heavy atom. The first-order valence-electron chi connectivity index (χ1n) is 36.2. The van der Waals surface area contributed by atoms with Crippen molar-refractivity contribution in [2.45, 2.75) is 320 Å². The average molecular weight is 1480 g/mol. The second kappa shape index (κ2) is 72.4. The maximum absolute atomic E-state index is 12.0. The maximum Gasteiger partial charge on any atom is 0.326 e. The van der Waals surface area contributed by atoms with Crippen molar-refractivity contribution in [1.82, 2.24) is 36.0 Å². The lowest BCUT2D eigenvalue weighted by molar-refractivity contribution is -0.145. The Kier molecular flexibility index (Phi) is 75.3. The van der Waals surface area contributed by atoms with Gasteiger partial charge in [0, 0.05) is 90.0 Å². The molecule has 594 valence electrons. The lowest BCUT2D eigenvalue weighted by atomic mass is 9.95. The third kappa shape index (κ3) is 72.8. The number of rotatable bonds is 60. The van der Waals surface area contributed by atoms with Crippen LogP contribution < -0.4 is 15.4 Å². The van der Waals surface area contributed by atoms with Crippen LogP contribution in [0.25, 0.3) is 0 Å². The van der Waals surface area contributed by atoms with Gasteiger partial charge in [0.1, 0.15) is 35.8 Å². The van der Waals surface area contributed by atoms with Gasteiger partial charge in [-0.1, -0.05) is 171 Å². The monoisotopic (exact) mass is 1480 g/mol. The van der Waals surface area contributed by atoms with Gasteiger partial charge in [-0.15, -0.1) is 10.2 Å². The summed E-state index contributed by atoms with van der Waals surface area (Å²) in [4.78, 5) is 145. The zero-order valence-electron chi connectivity index (χ0n) is 61.3. The number of carboxylic acid groups (broad SMARTS) is 5. The Labute approximate surface area is 608 Å². The number of unbranched alkanes of at least 4 members (excludes halogenated alkanes) is 15. The predicted octanol–water partition coefficient (Wildman–Crippen LogP) is 11.8. The molecule has 9 N–H and O–H groups in total. The van der Waals surface area contributed by atoms with E-state index in [-0.39, 0.29) is 109 Å². The lowest BCUT2D eigenvalue weighted by Gasteiger charge is -2.15. The van der Waals surface area contributed by atoms with E-state index in [0.29, 0.717) is 89.2 Å².